The van der Waals surface area contributed by atoms with Crippen LogP contribution in [0.15, 0.2) is 42.5 Å². The Hall–Kier alpha value is -1.05. The third-order valence-corrected chi connectivity index (χ3v) is 3.93. The molecule has 0 fully saturated rings. The first-order valence-corrected chi connectivity index (χ1v) is 7.08. The summed E-state index contributed by atoms with van der Waals surface area (Å²) in [6, 6.07) is 12.5. The molecular formula is C16H15Cl2F. The topological polar surface area (TPSA) is 0 Å². The molecule has 2 aromatic rings. The van der Waals surface area contributed by atoms with Crippen molar-refractivity contribution in [1.82, 2.24) is 0 Å². The highest BCUT2D eigenvalue weighted by molar-refractivity contribution is 6.30. The summed E-state index contributed by atoms with van der Waals surface area (Å²) < 4.78 is 13.3. The molecule has 2 aromatic carbocycles. The van der Waals surface area contributed by atoms with Crippen LogP contribution >= 0.6 is 23.2 Å². The Kier molecular flexibility index (Phi) is 4.84. The summed E-state index contributed by atoms with van der Waals surface area (Å²) in [4.78, 5) is 0. The minimum atomic E-state index is -0.204. The normalized spacial score (nSPS) is 12.4. The second kappa shape index (κ2) is 6.40. The van der Waals surface area contributed by atoms with E-state index in [1.165, 1.54) is 6.07 Å². The average Bonchev–Trinajstić information content (AvgIpc) is 2.41. The molecule has 0 aliphatic carbocycles. The van der Waals surface area contributed by atoms with E-state index in [9.17, 15) is 4.39 Å². The summed E-state index contributed by atoms with van der Waals surface area (Å²) in [5.41, 5.74) is 3.22. The molecule has 0 bridgehead atoms. The van der Waals surface area contributed by atoms with E-state index in [1.54, 1.807) is 12.1 Å². The van der Waals surface area contributed by atoms with Gasteiger partial charge in [0.1, 0.15) is 5.82 Å². The van der Waals surface area contributed by atoms with Gasteiger partial charge in [0.15, 0.2) is 0 Å². The Morgan fingerprint density at radius 1 is 1.11 bits per heavy atom. The molecule has 0 saturated heterocycles. The Bertz CT molecular complexity index is 549. The van der Waals surface area contributed by atoms with Crippen LogP contribution < -0.4 is 0 Å². The van der Waals surface area contributed by atoms with Crippen molar-refractivity contribution in [2.45, 2.75) is 19.3 Å². The van der Waals surface area contributed by atoms with Crippen molar-refractivity contribution < 1.29 is 4.39 Å². The number of rotatable bonds is 4. The molecule has 0 amide bonds. The summed E-state index contributed by atoms with van der Waals surface area (Å²) in [6.45, 7) is 1.99. The Balaban J connectivity index is 2.23. The molecule has 0 spiro atoms. The van der Waals surface area contributed by atoms with Crippen LogP contribution in [0.3, 0.4) is 0 Å². The maximum Gasteiger partial charge on any atom is 0.123 e. The maximum atomic E-state index is 13.3. The average molecular weight is 297 g/mol. The molecule has 1 unspecified atom stereocenters. The monoisotopic (exact) mass is 296 g/mol. The fourth-order valence-corrected chi connectivity index (χ4v) is 2.54. The van der Waals surface area contributed by atoms with Gasteiger partial charge in [-0.25, -0.2) is 4.39 Å². The Morgan fingerprint density at radius 2 is 1.79 bits per heavy atom. The molecular weight excluding hydrogens is 282 g/mol. The maximum absolute atomic E-state index is 13.3. The number of hydrogen-bond acceptors (Lipinski definition) is 0. The van der Waals surface area contributed by atoms with Crippen LogP contribution in [0.1, 0.15) is 22.6 Å². The minimum absolute atomic E-state index is 0.166. The van der Waals surface area contributed by atoms with Crippen molar-refractivity contribution in [3.63, 3.8) is 0 Å². The van der Waals surface area contributed by atoms with Crippen LogP contribution in [0.4, 0.5) is 4.39 Å². The van der Waals surface area contributed by atoms with Gasteiger partial charge in [0.05, 0.1) is 0 Å². The predicted octanol–water partition coefficient (Wildman–Crippen LogP) is 5.35. The van der Waals surface area contributed by atoms with Crippen LogP contribution in [0.5, 0.6) is 0 Å². The molecule has 0 aromatic heterocycles. The fourth-order valence-electron chi connectivity index (χ4n) is 2.12. The highest BCUT2D eigenvalue weighted by Crippen LogP contribution is 2.25. The van der Waals surface area contributed by atoms with Gasteiger partial charge in [-0.15, -0.1) is 11.6 Å². The third-order valence-electron chi connectivity index (χ3n) is 3.31. The predicted molar refractivity (Wildman–Crippen MR) is 79.8 cm³/mol. The zero-order chi connectivity index (χ0) is 13.8. The van der Waals surface area contributed by atoms with Gasteiger partial charge in [-0.05, 0) is 54.3 Å². The van der Waals surface area contributed by atoms with Crippen LogP contribution in [0.2, 0.25) is 5.02 Å². The largest absolute Gasteiger partial charge is 0.207 e. The SMILES string of the molecule is Cc1ccc(F)cc1CC(CCl)c1ccc(Cl)cc1. The number of halogens is 3. The van der Waals surface area contributed by atoms with Crippen LogP contribution in [0.25, 0.3) is 0 Å². The molecule has 0 saturated carbocycles. The number of alkyl halides is 1. The van der Waals surface area contributed by atoms with E-state index >= 15 is 0 Å². The first kappa shape index (κ1) is 14.4. The molecule has 1 atom stereocenters. The van der Waals surface area contributed by atoms with Gasteiger partial charge in [0.2, 0.25) is 0 Å². The van der Waals surface area contributed by atoms with Gasteiger partial charge in [-0.3, -0.25) is 0 Å². The zero-order valence-corrected chi connectivity index (χ0v) is 12.2. The Morgan fingerprint density at radius 3 is 2.42 bits per heavy atom. The summed E-state index contributed by atoms with van der Waals surface area (Å²) in [7, 11) is 0. The third kappa shape index (κ3) is 3.71. The van der Waals surface area contributed by atoms with E-state index in [4.69, 9.17) is 23.2 Å². The van der Waals surface area contributed by atoms with Gasteiger partial charge >= 0.3 is 0 Å². The van der Waals surface area contributed by atoms with E-state index < -0.39 is 0 Å². The van der Waals surface area contributed by atoms with Gasteiger partial charge in [0.25, 0.3) is 0 Å². The van der Waals surface area contributed by atoms with Crippen molar-refractivity contribution in [2.75, 3.05) is 5.88 Å². The molecule has 0 heterocycles. The van der Waals surface area contributed by atoms with E-state index in [0.717, 1.165) is 23.1 Å². The van der Waals surface area contributed by atoms with E-state index in [1.807, 2.05) is 31.2 Å². The number of aryl methyl sites for hydroxylation is 1. The molecule has 0 radical (unpaired) electrons. The van der Waals surface area contributed by atoms with Gasteiger partial charge in [-0.2, -0.15) is 0 Å². The number of benzene rings is 2. The first-order valence-electron chi connectivity index (χ1n) is 6.16. The lowest BCUT2D eigenvalue weighted by molar-refractivity contribution is 0.622. The van der Waals surface area contributed by atoms with E-state index in [0.29, 0.717) is 10.9 Å². The van der Waals surface area contributed by atoms with Crippen molar-refractivity contribution in [2.24, 2.45) is 0 Å². The summed E-state index contributed by atoms with van der Waals surface area (Å²) in [5, 5.41) is 0.707. The zero-order valence-electron chi connectivity index (χ0n) is 10.7. The second-order valence-electron chi connectivity index (χ2n) is 4.68. The van der Waals surface area contributed by atoms with Crippen LogP contribution in [0, 0.1) is 12.7 Å². The first-order chi connectivity index (χ1) is 9.10. The summed E-state index contributed by atoms with van der Waals surface area (Å²) in [6.07, 6.45) is 0.731. The van der Waals surface area contributed by atoms with Crippen molar-refractivity contribution in [3.8, 4) is 0 Å². The lowest BCUT2D eigenvalue weighted by Crippen LogP contribution is -2.06. The highest BCUT2D eigenvalue weighted by atomic mass is 35.5. The molecule has 0 aliphatic rings. The van der Waals surface area contributed by atoms with Gasteiger partial charge < -0.3 is 0 Å². The molecule has 0 N–H and O–H groups in total. The standard InChI is InChI=1S/C16H15Cl2F/c1-11-2-7-16(19)9-13(11)8-14(10-17)12-3-5-15(18)6-4-12/h2-7,9,14H,8,10H2,1H3. The lowest BCUT2D eigenvalue weighted by Gasteiger charge is -2.16. The molecule has 0 aliphatic heterocycles. The molecule has 2 rings (SSSR count). The van der Waals surface area contributed by atoms with Crippen molar-refractivity contribution in [1.29, 1.82) is 0 Å². The van der Waals surface area contributed by atoms with Crippen LogP contribution in [-0.2, 0) is 6.42 Å². The molecule has 0 nitrogen and oxygen atoms in total. The molecule has 100 valence electrons. The Labute approximate surface area is 123 Å². The van der Waals surface area contributed by atoms with E-state index in [-0.39, 0.29) is 11.7 Å². The van der Waals surface area contributed by atoms with Crippen molar-refractivity contribution >= 4 is 23.2 Å². The molecule has 3 heteroatoms. The smallest absolute Gasteiger partial charge is 0.123 e. The van der Waals surface area contributed by atoms with Gasteiger partial charge in [-0.1, -0.05) is 29.8 Å². The fraction of sp³-hybridized carbons (Fsp3) is 0.250. The van der Waals surface area contributed by atoms with Gasteiger partial charge in [0, 0.05) is 16.8 Å². The van der Waals surface area contributed by atoms with Crippen LogP contribution in [-0.4, -0.2) is 5.88 Å². The lowest BCUT2D eigenvalue weighted by atomic mass is 9.91. The summed E-state index contributed by atoms with van der Waals surface area (Å²) >= 11 is 11.9. The minimum Gasteiger partial charge on any atom is -0.207 e. The summed E-state index contributed by atoms with van der Waals surface area (Å²) in [5.74, 6) is 0.460. The number of hydrogen-bond donors (Lipinski definition) is 0. The van der Waals surface area contributed by atoms with E-state index in [2.05, 4.69) is 0 Å². The molecule has 19 heavy (non-hydrogen) atoms. The quantitative estimate of drug-likeness (QED) is 0.667. The van der Waals surface area contributed by atoms with Crippen molar-refractivity contribution in [3.05, 3.63) is 70.0 Å². The second-order valence-corrected chi connectivity index (χ2v) is 5.42. The highest BCUT2D eigenvalue weighted by Gasteiger charge is 2.13.